The molecule has 2 heterocycles. The molecule has 1 aromatic heterocycles. The van der Waals surface area contributed by atoms with Gasteiger partial charge < -0.3 is 9.64 Å². The number of amides is 1. The summed E-state index contributed by atoms with van der Waals surface area (Å²) in [5, 5.41) is 0.693. The maximum atomic E-state index is 14.1. The molecule has 1 aliphatic rings. The number of rotatable bonds is 7. The Bertz CT molecular complexity index is 888. The lowest BCUT2D eigenvalue weighted by atomic mass is 9.86. The summed E-state index contributed by atoms with van der Waals surface area (Å²) in [5.74, 6) is -1.77. The zero-order valence-corrected chi connectivity index (χ0v) is 16.9. The number of Topliss-reactive ketones (excluding diaryl/α,β-unsaturated/α-hetero) is 1. The summed E-state index contributed by atoms with van der Waals surface area (Å²) < 4.78 is 19.4. The minimum Gasteiger partial charge on any atom is -0.375 e. The summed E-state index contributed by atoms with van der Waals surface area (Å²) in [6.07, 6.45) is 0.978. The lowest BCUT2D eigenvalue weighted by Gasteiger charge is -2.48. The van der Waals surface area contributed by atoms with E-state index >= 15 is 0 Å². The first-order valence-electron chi connectivity index (χ1n) is 8.37. The number of hydrogen-bond donors (Lipinski definition) is 0. The molecule has 1 saturated heterocycles. The Hall–Kier alpha value is -1.73. The van der Waals surface area contributed by atoms with E-state index in [0.29, 0.717) is 5.02 Å². The van der Waals surface area contributed by atoms with Crippen LogP contribution in [0, 0.1) is 5.82 Å². The van der Waals surface area contributed by atoms with Crippen molar-refractivity contribution < 1.29 is 18.7 Å². The van der Waals surface area contributed by atoms with Crippen LogP contribution in [0.2, 0.25) is 10.0 Å². The Balaban J connectivity index is 1.87. The Kier molecular flexibility index (Phi) is 6.55. The van der Waals surface area contributed by atoms with E-state index < -0.39 is 17.3 Å². The molecule has 0 unspecified atom stereocenters. The van der Waals surface area contributed by atoms with Gasteiger partial charge in [-0.2, -0.15) is 0 Å². The van der Waals surface area contributed by atoms with Crippen molar-refractivity contribution in [2.75, 3.05) is 19.1 Å². The molecule has 28 heavy (non-hydrogen) atoms. The number of carbonyl (C=O) groups is 2. The van der Waals surface area contributed by atoms with Gasteiger partial charge >= 0.3 is 0 Å². The molecule has 5 nitrogen and oxygen atoms in total. The summed E-state index contributed by atoms with van der Waals surface area (Å²) in [5.41, 5.74) is -0.484. The highest BCUT2D eigenvalue weighted by atomic mass is 35.5. The molecule has 148 valence electrons. The largest absolute Gasteiger partial charge is 0.375 e. The van der Waals surface area contributed by atoms with Gasteiger partial charge in [0.05, 0.1) is 30.4 Å². The predicted octanol–water partition coefficient (Wildman–Crippen LogP) is 3.68. The van der Waals surface area contributed by atoms with Crippen molar-refractivity contribution in [3.05, 3.63) is 63.6 Å². The molecule has 0 radical (unpaired) electrons. The smallest absolute Gasteiger partial charge is 0.238 e. The first-order valence-corrected chi connectivity index (χ1v) is 9.66. The summed E-state index contributed by atoms with van der Waals surface area (Å²) in [4.78, 5) is 30.9. The number of ether oxygens (including phenoxy) is 1. The average molecular weight is 446 g/mol. The highest BCUT2D eigenvalue weighted by Gasteiger charge is 2.52. The van der Waals surface area contributed by atoms with Gasteiger partial charge in [-0.25, -0.2) is 4.39 Å². The van der Waals surface area contributed by atoms with Crippen LogP contribution < -0.4 is 0 Å². The molecule has 0 saturated carbocycles. The molecular formula is C19H16Cl3FN2O3. The summed E-state index contributed by atoms with van der Waals surface area (Å²) in [6.45, 7) is 0.170. The lowest BCUT2D eigenvalue weighted by molar-refractivity contribution is -0.178. The molecule has 3 rings (SSSR count). The molecule has 1 fully saturated rings. The van der Waals surface area contributed by atoms with E-state index in [1.54, 1.807) is 24.3 Å². The third kappa shape index (κ3) is 4.30. The van der Waals surface area contributed by atoms with Crippen molar-refractivity contribution in [2.45, 2.75) is 18.5 Å². The van der Waals surface area contributed by atoms with E-state index in [-0.39, 0.29) is 48.6 Å². The maximum Gasteiger partial charge on any atom is 0.238 e. The third-order valence-corrected chi connectivity index (χ3v) is 5.29. The number of benzene rings is 1. The van der Waals surface area contributed by atoms with Crippen molar-refractivity contribution in [2.24, 2.45) is 0 Å². The molecule has 0 spiro atoms. The molecular weight excluding hydrogens is 430 g/mol. The second-order valence-corrected chi connectivity index (χ2v) is 7.59. The summed E-state index contributed by atoms with van der Waals surface area (Å²) >= 11 is 17.4. The fraction of sp³-hybridized carbons (Fsp3) is 0.316. The third-order valence-electron chi connectivity index (χ3n) is 4.60. The second-order valence-electron chi connectivity index (χ2n) is 6.45. The molecule has 0 aliphatic carbocycles. The van der Waals surface area contributed by atoms with Crippen LogP contribution in [-0.4, -0.2) is 46.2 Å². The van der Waals surface area contributed by atoms with Crippen LogP contribution in [0.4, 0.5) is 4.39 Å². The Morgan fingerprint density at radius 3 is 2.39 bits per heavy atom. The quantitative estimate of drug-likeness (QED) is 0.610. The minimum absolute atomic E-state index is 0.0112. The second kappa shape index (κ2) is 8.74. The number of aromatic nitrogens is 1. The molecule has 2 aromatic rings. The SMILES string of the molecule is O=C(CCl)N(Cc1ccc(Cl)cc1)C1(C(=O)Cc2ncc(Cl)cc2F)COC1. The molecule has 0 atom stereocenters. The van der Waals surface area contributed by atoms with Gasteiger partial charge in [-0.1, -0.05) is 35.3 Å². The number of carbonyl (C=O) groups excluding carboxylic acids is 2. The molecule has 0 N–H and O–H groups in total. The number of halogens is 4. The summed E-state index contributed by atoms with van der Waals surface area (Å²) in [7, 11) is 0. The van der Waals surface area contributed by atoms with E-state index in [2.05, 4.69) is 4.98 Å². The van der Waals surface area contributed by atoms with Crippen molar-refractivity contribution in [3.63, 3.8) is 0 Å². The van der Waals surface area contributed by atoms with Crippen molar-refractivity contribution in [3.8, 4) is 0 Å². The standard InChI is InChI=1S/C19H16Cl3FN2O3/c20-7-18(27)25(9-12-1-3-13(21)4-2-12)19(10-28-11-19)17(26)6-16-15(23)5-14(22)8-24-16/h1-5,8H,6-7,9-11H2. The topological polar surface area (TPSA) is 59.5 Å². The van der Waals surface area contributed by atoms with Gasteiger partial charge in [0.1, 0.15) is 17.2 Å². The summed E-state index contributed by atoms with van der Waals surface area (Å²) in [6, 6.07) is 8.00. The number of hydrogen-bond acceptors (Lipinski definition) is 4. The zero-order valence-electron chi connectivity index (χ0n) is 14.6. The molecule has 0 bridgehead atoms. The van der Waals surface area contributed by atoms with E-state index in [0.717, 1.165) is 11.6 Å². The van der Waals surface area contributed by atoms with Crippen LogP contribution >= 0.6 is 34.8 Å². The van der Waals surface area contributed by atoms with Gasteiger partial charge in [0, 0.05) is 17.8 Å². The zero-order chi connectivity index (χ0) is 20.3. The van der Waals surface area contributed by atoms with E-state index in [9.17, 15) is 14.0 Å². The number of ketones is 1. The van der Waals surface area contributed by atoms with Crippen molar-refractivity contribution >= 4 is 46.5 Å². The average Bonchev–Trinajstić information content (AvgIpc) is 2.63. The van der Waals surface area contributed by atoms with Gasteiger partial charge in [-0.15, -0.1) is 11.6 Å². The van der Waals surface area contributed by atoms with E-state index in [1.165, 1.54) is 11.1 Å². The van der Waals surface area contributed by atoms with Crippen molar-refractivity contribution in [1.29, 1.82) is 0 Å². The van der Waals surface area contributed by atoms with Gasteiger partial charge in [-0.05, 0) is 23.8 Å². The van der Waals surface area contributed by atoms with E-state index in [4.69, 9.17) is 39.5 Å². The van der Waals surface area contributed by atoms with Crippen LogP contribution in [-0.2, 0) is 27.3 Å². The van der Waals surface area contributed by atoms with Crippen LogP contribution in [0.1, 0.15) is 11.3 Å². The van der Waals surface area contributed by atoms with E-state index in [1.807, 2.05) is 0 Å². The molecule has 1 amide bonds. The van der Waals surface area contributed by atoms with Gasteiger partial charge in [-0.3, -0.25) is 14.6 Å². The number of pyridine rings is 1. The van der Waals surface area contributed by atoms with Crippen molar-refractivity contribution in [1.82, 2.24) is 9.88 Å². The van der Waals surface area contributed by atoms with Crippen LogP contribution in [0.15, 0.2) is 36.5 Å². The molecule has 1 aliphatic heterocycles. The van der Waals surface area contributed by atoms with Gasteiger partial charge in [0.2, 0.25) is 5.91 Å². The molecule has 1 aromatic carbocycles. The van der Waals surface area contributed by atoms with Crippen LogP contribution in [0.25, 0.3) is 0 Å². The highest BCUT2D eigenvalue weighted by molar-refractivity contribution is 6.30. The van der Waals surface area contributed by atoms with Gasteiger partial charge in [0.15, 0.2) is 5.78 Å². The highest BCUT2D eigenvalue weighted by Crippen LogP contribution is 2.30. The van der Waals surface area contributed by atoms with Crippen LogP contribution in [0.3, 0.4) is 0 Å². The number of alkyl halides is 1. The van der Waals surface area contributed by atoms with Gasteiger partial charge in [0.25, 0.3) is 0 Å². The minimum atomic E-state index is -1.22. The van der Waals surface area contributed by atoms with Crippen LogP contribution in [0.5, 0.6) is 0 Å². The fourth-order valence-corrected chi connectivity index (χ4v) is 3.39. The normalized spacial score (nSPS) is 15.0. The lowest BCUT2D eigenvalue weighted by Crippen LogP contribution is -2.68. The Morgan fingerprint density at radius 1 is 1.18 bits per heavy atom. The fourth-order valence-electron chi connectivity index (χ4n) is 2.98. The maximum absolute atomic E-state index is 14.1. The predicted molar refractivity (Wildman–Crippen MR) is 104 cm³/mol. The first-order chi connectivity index (χ1) is 13.4. The monoisotopic (exact) mass is 444 g/mol. The number of nitrogens with zero attached hydrogens (tertiary/aromatic N) is 2. The Labute approximate surface area is 176 Å². The first kappa shape index (κ1) is 21.0. The molecule has 9 heteroatoms. The Morgan fingerprint density at radius 2 is 1.86 bits per heavy atom.